The highest BCUT2D eigenvalue weighted by atomic mass is 79.9. The van der Waals surface area contributed by atoms with Gasteiger partial charge in [0.2, 0.25) is 0 Å². The first-order chi connectivity index (χ1) is 6.48. The molecule has 0 aliphatic carbocycles. The van der Waals surface area contributed by atoms with Gasteiger partial charge in [0, 0.05) is 17.0 Å². The Bertz CT molecular complexity index is 169. The number of carbonyl (C=O) groups is 1. The van der Waals surface area contributed by atoms with E-state index >= 15 is 0 Å². The molecule has 1 nitrogen and oxygen atoms in total. The van der Waals surface area contributed by atoms with E-state index in [4.69, 9.17) is 0 Å². The monoisotopic (exact) mass is 280 g/mol. The summed E-state index contributed by atoms with van der Waals surface area (Å²) in [4.78, 5) is 11.0. The van der Waals surface area contributed by atoms with Crippen molar-refractivity contribution in [3.8, 4) is 0 Å². The van der Waals surface area contributed by atoms with Crippen molar-refractivity contribution < 1.29 is 4.79 Å². The molecule has 0 aromatic rings. The summed E-state index contributed by atoms with van der Waals surface area (Å²) < 4.78 is 0.125. The molecular formula is C11H21BrOS. The third-order valence-corrected chi connectivity index (χ3v) is 3.69. The standard InChI is InChI=1S/C11H21BrOS/c1-10(13)14-11(2,3)8-6-4-5-7-9-12/h4-9H2,1-3H3. The Labute approximate surface area is 101 Å². The zero-order chi connectivity index (χ0) is 11.0. The lowest BCUT2D eigenvalue weighted by Gasteiger charge is -2.21. The van der Waals surface area contributed by atoms with Crippen LogP contribution in [0.5, 0.6) is 0 Å². The van der Waals surface area contributed by atoms with Gasteiger partial charge in [-0.05, 0) is 12.8 Å². The van der Waals surface area contributed by atoms with Crippen molar-refractivity contribution in [1.82, 2.24) is 0 Å². The smallest absolute Gasteiger partial charge is 0.186 e. The van der Waals surface area contributed by atoms with E-state index in [0.29, 0.717) is 0 Å². The van der Waals surface area contributed by atoms with Gasteiger partial charge in [-0.1, -0.05) is 60.8 Å². The molecule has 0 aromatic carbocycles. The molecule has 0 aromatic heterocycles. The molecule has 0 fully saturated rings. The fourth-order valence-corrected chi connectivity index (χ4v) is 2.86. The van der Waals surface area contributed by atoms with Crippen molar-refractivity contribution in [3.05, 3.63) is 0 Å². The van der Waals surface area contributed by atoms with Gasteiger partial charge in [-0.2, -0.15) is 0 Å². The maximum atomic E-state index is 11.0. The number of unbranched alkanes of at least 4 members (excludes halogenated alkanes) is 3. The number of hydrogen-bond acceptors (Lipinski definition) is 2. The molecule has 0 saturated carbocycles. The highest BCUT2D eigenvalue weighted by Gasteiger charge is 2.19. The van der Waals surface area contributed by atoms with E-state index in [-0.39, 0.29) is 9.86 Å². The summed E-state index contributed by atoms with van der Waals surface area (Å²) in [6, 6.07) is 0. The van der Waals surface area contributed by atoms with Gasteiger partial charge >= 0.3 is 0 Å². The summed E-state index contributed by atoms with van der Waals surface area (Å²) in [6.07, 6.45) is 6.22. The van der Waals surface area contributed by atoms with Gasteiger partial charge in [0.25, 0.3) is 0 Å². The molecule has 0 bridgehead atoms. The fourth-order valence-electron chi connectivity index (χ4n) is 1.44. The number of rotatable bonds is 7. The highest BCUT2D eigenvalue weighted by Crippen LogP contribution is 2.30. The fraction of sp³-hybridized carbons (Fsp3) is 0.909. The summed E-state index contributed by atoms with van der Waals surface area (Å²) >= 11 is 4.90. The van der Waals surface area contributed by atoms with Crippen LogP contribution in [0.1, 0.15) is 52.9 Å². The topological polar surface area (TPSA) is 17.1 Å². The van der Waals surface area contributed by atoms with Crippen molar-refractivity contribution in [3.63, 3.8) is 0 Å². The molecule has 0 heterocycles. The Morgan fingerprint density at radius 1 is 1.21 bits per heavy atom. The quantitative estimate of drug-likeness (QED) is 0.508. The predicted octanol–water partition coefficient (Wildman–Crippen LogP) is 4.39. The first-order valence-electron chi connectivity index (χ1n) is 5.23. The van der Waals surface area contributed by atoms with Crippen molar-refractivity contribution >= 4 is 32.8 Å². The number of thioether (sulfide) groups is 1. The third kappa shape index (κ3) is 9.07. The summed E-state index contributed by atoms with van der Waals surface area (Å²) in [5.74, 6) is 0. The van der Waals surface area contributed by atoms with E-state index in [1.165, 1.54) is 37.4 Å². The van der Waals surface area contributed by atoms with Crippen LogP contribution in [0.25, 0.3) is 0 Å². The van der Waals surface area contributed by atoms with Gasteiger partial charge in [0.1, 0.15) is 0 Å². The van der Waals surface area contributed by atoms with E-state index in [1.807, 2.05) is 0 Å². The van der Waals surface area contributed by atoms with Crippen molar-refractivity contribution in [2.24, 2.45) is 0 Å². The zero-order valence-corrected chi connectivity index (χ0v) is 11.8. The first-order valence-corrected chi connectivity index (χ1v) is 7.17. The Morgan fingerprint density at radius 3 is 2.29 bits per heavy atom. The minimum Gasteiger partial charge on any atom is -0.288 e. The second-order valence-electron chi connectivity index (χ2n) is 4.21. The lowest BCUT2D eigenvalue weighted by atomic mass is 10.0. The van der Waals surface area contributed by atoms with E-state index in [1.54, 1.807) is 6.92 Å². The Morgan fingerprint density at radius 2 is 1.79 bits per heavy atom. The van der Waals surface area contributed by atoms with Crippen LogP contribution in [0.15, 0.2) is 0 Å². The van der Waals surface area contributed by atoms with Gasteiger partial charge in [0.05, 0.1) is 0 Å². The summed E-state index contributed by atoms with van der Waals surface area (Å²) in [5.41, 5.74) is 0. The predicted molar refractivity (Wildman–Crippen MR) is 69.2 cm³/mol. The summed E-state index contributed by atoms with van der Waals surface area (Å²) in [6.45, 7) is 5.96. The molecule has 0 aliphatic rings. The number of carbonyl (C=O) groups excluding carboxylic acids is 1. The van der Waals surface area contributed by atoms with Crippen molar-refractivity contribution in [1.29, 1.82) is 0 Å². The molecule has 0 spiro atoms. The summed E-state index contributed by atoms with van der Waals surface area (Å²) in [7, 11) is 0. The van der Waals surface area contributed by atoms with E-state index in [0.717, 1.165) is 11.8 Å². The largest absolute Gasteiger partial charge is 0.288 e. The Balaban J connectivity index is 3.50. The molecule has 0 radical (unpaired) electrons. The molecule has 0 saturated heterocycles. The molecule has 0 rings (SSSR count). The Hall–Kier alpha value is 0.500. The minimum absolute atomic E-state index is 0.125. The number of alkyl halides is 1. The van der Waals surface area contributed by atoms with Crippen LogP contribution in [-0.2, 0) is 4.79 Å². The van der Waals surface area contributed by atoms with Crippen molar-refractivity contribution in [2.75, 3.05) is 5.33 Å². The number of halogens is 1. The van der Waals surface area contributed by atoms with Gasteiger partial charge in [-0.15, -0.1) is 0 Å². The van der Waals surface area contributed by atoms with Crippen molar-refractivity contribution in [2.45, 2.75) is 57.6 Å². The zero-order valence-electron chi connectivity index (χ0n) is 9.44. The van der Waals surface area contributed by atoms with Crippen LogP contribution in [-0.4, -0.2) is 15.2 Å². The van der Waals surface area contributed by atoms with Gasteiger partial charge in [-0.25, -0.2) is 0 Å². The van der Waals surface area contributed by atoms with Crippen LogP contribution >= 0.6 is 27.7 Å². The van der Waals surface area contributed by atoms with Gasteiger partial charge < -0.3 is 0 Å². The molecule has 0 atom stereocenters. The maximum Gasteiger partial charge on any atom is 0.186 e. The molecular weight excluding hydrogens is 260 g/mol. The average Bonchev–Trinajstić information content (AvgIpc) is 2.01. The van der Waals surface area contributed by atoms with Gasteiger partial charge in [0.15, 0.2) is 5.12 Å². The molecule has 0 N–H and O–H groups in total. The van der Waals surface area contributed by atoms with Crippen LogP contribution in [0.3, 0.4) is 0 Å². The van der Waals surface area contributed by atoms with E-state index in [2.05, 4.69) is 29.8 Å². The lowest BCUT2D eigenvalue weighted by molar-refractivity contribution is -0.109. The third-order valence-electron chi connectivity index (χ3n) is 2.08. The number of hydrogen-bond donors (Lipinski definition) is 0. The lowest BCUT2D eigenvalue weighted by Crippen LogP contribution is -2.16. The van der Waals surface area contributed by atoms with Crippen LogP contribution < -0.4 is 0 Å². The highest BCUT2D eigenvalue weighted by molar-refractivity contribution is 9.09. The molecule has 0 unspecified atom stereocenters. The molecule has 0 amide bonds. The van der Waals surface area contributed by atoms with Crippen LogP contribution in [0.4, 0.5) is 0 Å². The molecule has 84 valence electrons. The molecule has 0 aliphatic heterocycles. The summed E-state index contributed by atoms with van der Waals surface area (Å²) in [5, 5.41) is 1.34. The SMILES string of the molecule is CC(=O)SC(C)(C)CCCCCCBr. The second-order valence-corrected chi connectivity index (χ2v) is 6.88. The molecule has 3 heteroatoms. The minimum atomic E-state index is 0.125. The molecule has 14 heavy (non-hydrogen) atoms. The van der Waals surface area contributed by atoms with E-state index < -0.39 is 0 Å². The Kier molecular flexibility index (Phi) is 8.02. The van der Waals surface area contributed by atoms with Gasteiger partial charge in [-0.3, -0.25) is 4.79 Å². The second kappa shape index (κ2) is 7.75. The normalized spacial score (nSPS) is 11.7. The van der Waals surface area contributed by atoms with Crippen LogP contribution in [0, 0.1) is 0 Å². The average molecular weight is 281 g/mol. The maximum absolute atomic E-state index is 11.0. The van der Waals surface area contributed by atoms with E-state index in [9.17, 15) is 4.79 Å². The first kappa shape index (κ1) is 14.5. The van der Waals surface area contributed by atoms with Crippen LogP contribution in [0.2, 0.25) is 0 Å².